The van der Waals surface area contributed by atoms with E-state index in [4.69, 9.17) is 9.15 Å². The van der Waals surface area contributed by atoms with Gasteiger partial charge in [-0.1, -0.05) is 0 Å². The minimum Gasteiger partial charge on any atom is -0.494 e. The van der Waals surface area contributed by atoms with Crippen molar-refractivity contribution in [2.24, 2.45) is 0 Å². The summed E-state index contributed by atoms with van der Waals surface area (Å²) < 4.78 is 23.0. The number of hydrogen-bond donors (Lipinski definition) is 0. The van der Waals surface area contributed by atoms with Crippen LogP contribution >= 0.6 is 0 Å². The minimum atomic E-state index is -0.537. The molecule has 1 aromatic carbocycles. The number of benzene rings is 1. The van der Waals surface area contributed by atoms with Crippen LogP contribution in [-0.2, 0) is 6.42 Å². The fourth-order valence-corrected chi connectivity index (χ4v) is 1.52. The fourth-order valence-electron chi connectivity index (χ4n) is 1.52. The van der Waals surface area contributed by atoms with Crippen molar-refractivity contribution < 1.29 is 18.3 Å². The molecule has 0 saturated carbocycles. The number of hydrogen-bond acceptors (Lipinski definition) is 3. The predicted molar refractivity (Wildman–Crippen MR) is 59.7 cm³/mol. The van der Waals surface area contributed by atoms with Crippen LogP contribution in [-0.4, -0.2) is 12.9 Å². The molecule has 0 spiro atoms. The summed E-state index contributed by atoms with van der Waals surface area (Å²) in [5.41, 5.74) is 1.09. The molecule has 0 fully saturated rings. The van der Waals surface area contributed by atoms with Crippen molar-refractivity contribution in [2.75, 3.05) is 7.11 Å². The average molecular weight is 234 g/mol. The van der Waals surface area contributed by atoms with E-state index in [1.54, 1.807) is 12.1 Å². The van der Waals surface area contributed by atoms with Crippen LogP contribution in [0.4, 0.5) is 4.39 Å². The Hall–Kier alpha value is -2.10. The zero-order chi connectivity index (χ0) is 12.3. The maximum atomic E-state index is 13.4. The van der Waals surface area contributed by atoms with Gasteiger partial charge >= 0.3 is 0 Å². The molecule has 1 heterocycles. The summed E-state index contributed by atoms with van der Waals surface area (Å²) in [4.78, 5) is 11.8. The quantitative estimate of drug-likeness (QED) is 0.763. The standard InChI is InChI=1S/C13H11FO3/c1-16-13-3-2-10(7-11(13)14)12(15)6-9-4-5-17-8-9/h2-5,7-8H,6H2,1H3. The van der Waals surface area contributed by atoms with Crippen molar-refractivity contribution in [1.29, 1.82) is 0 Å². The van der Waals surface area contributed by atoms with E-state index in [0.29, 0.717) is 5.56 Å². The molecule has 1 aromatic heterocycles. The second-order valence-corrected chi connectivity index (χ2v) is 3.58. The Bertz CT molecular complexity index is 517. The Balaban J connectivity index is 2.17. The molecule has 2 rings (SSSR count). The van der Waals surface area contributed by atoms with Gasteiger partial charge in [0.2, 0.25) is 0 Å². The maximum absolute atomic E-state index is 13.4. The predicted octanol–water partition coefficient (Wildman–Crippen LogP) is 2.85. The smallest absolute Gasteiger partial charge is 0.167 e. The van der Waals surface area contributed by atoms with Crippen LogP contribution in [0, 0.1) is 5.82 Å². The molecule has 0 atom stereocenters. The molecule has 0 aliphatic carbocycles. The van der Waals surface area contributed by atoms with Gasteiger partial charge in [-0.2, -0.15) is 0 Å². The van der Waals surface area contributed by atoms with Crippen molar-refractivity contribution in [3.63, 3.8) is 0 Å². The summed E-state index contributed by atoms with van der Waals surface area (Å²) in [5.74, 6) is -0.566. The molecule has 2 aromatic rings. The van der Waals surface area contributed by atoms with Crippen LogP contribution in [0.2, 0.25) is 0 Å². The third kappa shape index (κ3) is 2.53. The molecule has 0 aliphatic heterocycles. The molecule has 0 radical (unpaired) electrons. The molecular weight excluding hydrogens is 223 g/mol. The lowest BCUT2D eigenvalue weighted by atomic mass is 10.0. The van der Waals surface area contributed by atoms with E-state index in [0.717, 1.165) is 5.56 Å². The van der Waals surface area contributed by atoms with Gasteiger partial charge < -0.3 is 9.15 Å². The van der Waals surface area contributed by atoms with Crippen LogP contribution < -0.4 is 4.74 Å². The zero-order valence-electron chi connectivity index (χ0n) is 9.27. The fraction of sp³-hybridized carbons (Fsp3) is 0.154. The molecule has 0 saturated heterocycles. The maximum Gasteiger partial charge on any atom is 0.167 e. The first-order chi connectivity index (χ1) is 8.20. The first kappa shape index (κ1) is 11.4. The van der Waals surface area contributed by atoms with Crippen LogP contribution in [0.15, 0.2) is 41.2 Å². The number of methoxy groups -OCH3 is 1. The number of carbonyl (C=O) groups is 1. The van der Waals surface area contributed by atoms with E-state index in [2.05, 4.69) is 0 Å². The third-order valence-electron chi connectivity index (χ3n) is 2.42. The van der Waals surface area contributed by atoms with Crippen molar-refractivity contribution in [3.05, 3.63) is 53.7 Å². The molecule has 0 unspecified atom stereocenters. The summed E-state index contributed by atoms with van der Waals surface area (Å²) in [6, 6.07) is 5.88. The van der Waals surface area contributed by atoms with Gasteiger partial charge in [0.25, 0.3) is 0 Å². The lowest BCUT2D eigenvalue weighted by Gasteiger charge is -2.03. The molecular formula is C13H11FO3. The van der Waals surface area contributed by atoms with E-state index in [1.807, 2.05) is 0 Å². The van der Waals surface area contributed by atoms with Gasteiger partial charge in [0.15, 0.2) is 17.3 Å². The van der Waals surface area contributed by atoms with Crippen molar-refractivity contribution in [3.8, 4) is 5.75 Å². The second-order valence-electron chi connectivity index (χ2n) is 3.58. The van der Waals surface area contributed by atoms with Gasteiger partial charge in [0.1, 0.15) is 0 Å². The van der Waals surface area contributed by atoms with E-state index in [-0.39, 0.29) is 18.0 Å². The van der Waals surface area contributed by atoms with Gasteiger partial charge in [0.05, 0.1) is 19.6 Å². The van der Waals surface area contributed by atoms with E-state index in [1.165, 1.54) is 31.8 Å². The summed E-state index contributed by atoms with van der Waals surface area (Å²) in [5, 5.41) is 0. The molecule has 3 nitrogen and oxygen atoms in total. The highest BCUT2D eigenvalue weighted by atomic mass is 19.1. The van der Waals surface area contributed by atoms with E-state index < -0.39 is 5.82 Å². The van der Waals surface area contributed by atoms with Crippen LogP contribution in [0.3, 0.4) is 0 Å². The summed E-state index contributed by atoms with van der Waals surface area (Å²) >= 11 is 0. The van der Waals surface area contributed by atoms with Gasteiger partial charge in [-0.15, -0.1) is 0 Å². The number of ketones is 1. The Labute approximate surface area is 97.8 Å². The molecule has 4 heteroatoms. The minimum absolute atomic E-state index is 0.130. The van der Waals surface area contributed by atoms with Gasteiger partial charge in [-0.3, -0.25) is 4.79 Å². The summed E-state index contributed by atoms with van der Waals surface area (Å²) in [7, 11) is 1.38. The third-order valence-corrected chi connectivity index (χ3v) is 2.42. The highest BCUT2D eigenvalue weighted by Crippen LogP contribution is 2.18. The number of carbonyl (C=O) groups excluding carboxylic acids is 1. The number of rotatable bonds is 4. The number of halogens is 1. The molecule has 88 valence electrons. The first-order valence-electron chi connectivity index (χ1n) is 5.08. The molecule has 0 amide bonds. The molecule has 0 bridgehead atoms. The highest BCUT2D eigenvalue weighted by Gasteiger charge is 2.11. The Morgan fingerprint density at radius 1 is 1.41 bits per heavy atom. The highest BCUT2D eigenvalue weighted by molar-refractivity contribution is 5.97. The Morgan fingerprint density at radius 2 is 2.24 bits per heavy atom. The van der Waals surface area contributed by atoms with Crippen molar-refractivity contribution >= 4 is 5.78 Å². The number of furan rings is 1. The van der Waals surface area contributed by atoms with Crippen LogP contribution in [0.1, 0.15) is 15.9 Å². The average Bonchev–Trinajstić information content (AvgIpc) is 2.81. The summed E-state index contributed by atoms with van der Waals surface area (Å²) in [6.45, 7) is 0. The van der Waals surface area contributed by atoms with E-state index >= 15 is 0 Å². The van der Waals surface area contributed by atoms with Crippen molar-refractivity contribution in [2.45, 2.75) is 6.42 Å². The van der Waals surface area contributed by atoms with E-state index in [9.17, 15) is 9.18 Å². The zero-order valence-corrected chi connectivity index (χ0v) is 9.27. The lowest BCUT2D eigenvalue weighted by molar-refractivity contribution is 0.0992. The monoisotopic (exact) mass is 234 g/mol. The van der Waals surface area contributed by atoms with Crippen molar-refractivity contribution in [1.82, 2.24) is 0 Å². The Kier molecular flexibility index (Phi) is 3.23. The molecule has 0 N–H and O–H groups in total. The van der Waals surface area contributed by atoms with Gasteiger partial charge in [-0.05, 0) is 29.8 Å². The number of Topliss-reactive ketones (excluding diaryl/α,β-unsaturated/α-hetero) is 1. The van der Waals surface area contributed by atoms with Crippen LogP contribution in [0.5, 0.6) is 5.75 Å². The summed E-state index contributed by atoms with van der Waals surface area (Å²) in [6.07, 6.45) is 3.19. The normalized spacial score (nSPS) is 10.2. The van der Waals surface area contributed by atoms with Gasteiger partial charge in [0, 0.05) is 12.0 Å². The Morgan fingerprint density at radius 3 is 2.82 bits per heavy atom. The molecule has 17 heavy (non-hydrogen) atoms. The largest absolute Gasteiger partial charge is 0.494 e. The topological polar surface area (TPSA) is 39.4 Å². The second kappa shape index (κ2) is 4.82. The van der Waals surface area contributed by atoms with Crippen LogP contribution in [0.25, 0.3) is 0 Å². The van der Waals surface area contributed by atoms with Gasteiger partial charge in [-0.25, -0.2) is 4.39 Å². The lowest BCUT2D eigenvalue weighted by Crippen LogP contribution is -2.03. The molecule has 0 aliphatic rings. The SMILES string of the molecule is COc1ccc(C(=O)Cc2ccoc2)cc1F. The first-order valence-corrected chi connectivity index (χ1v) is 5.08. The number of ether oxygens (including phenoxy) is 1.